The highest BCUT2D eigenvalue weighted by molar-refractivity contribution is 5.31. The van der Waals surface area contributed by atoms with Crippen molar-refractivity contribution < 1.29 is 0 Å². The highest BCUT2D eigenvalue weighted by atomic mass is 15.4. The largest absolute Gasteiger partial charge is 0.220 e. The normalized spacial score (nSPS) is 11.1. The van der Waals surface area contributed by atoms with Crippen molar-refractivity contribution in [3.8, 4) is 11.8 Å². The Hall–Kier alpha value is -2.15. The van der Waals surface area contributed by atoms with Crippen molar-refractivity contribution in [3.05, 3.63) is 42.2 Å². The third-order valence-electron chi connectivity index (χ3n) is 2.43. The molecule has 16 heavy (non-hydrogen) atoms. The van der Waals surface area contributed by atoms with Crippen LogP contribution in [0.4, 0.5) is 0 Å². The van der Waals surface area contributed by atoms with Crippen molar-refractivity contribution in [2.75, 3.05) is 0 Å². The lowest BCUT2D eigenvalue weighted by Crippen LogP contribution is -2.14. The minimum Gasteiger partial charge on any atom is -0.220 e. The van der Waals surface area contributed by atoms with E-state index in [9.17, 15) is 0 Å². The molecule has 0 saturated carbocycles. The smallest absolute Gasteiger partial charge is 0.103 e. The number of hydrogen-bond donors (Lipinski definition) is 0. The second-order valence-corrected chi connectivity index (χ2v) is 4.12. The van der Waals surface area contributed by atoms with E-state index in [4.69, 9.17) is 5.26 Å². The summed E-state index contributed by atoms with van der Waals surface area (Å²) in [4.78, 5) is 0. The SMILES string of the molecule is CC(C)(C#N)c1cn(-c2ccccc2)nn1. The van der Waals surface area contributed by atoms with Gasteiger partial charge in [0.25, 0.3) is 0 Å². The van der Waals surface area contributed by atoms with Crippen LogP contribution in [0.25, 0.3) is 5.69 Å². The topological polar surface area (TPSA) is 54.5 Å². The van der Waals surface area contributed by atoms with E-state index in [0.717, 1.165) is 5.69 Å². The van der Waals surface area contributed by atoms with E-state index in [1.165, 1.54) is 0 Å². The summed E-state index contributed by atoms with van der Waals surface area (Å²) in [5.74, 6) is 0. The van der Waals surface area contributed by atoms with Crippen molar-refractivity contribution in [1.29, 1.82) is 5.26 Å². The van der Waals surface area contributed by atoms with Gasteiger partial charge in [0, 0.05) is 0 Å². The molecule has 0 aliphatic carbocycles. The van der Waals surface area contributed by atoms with Crippen LogP contribution in [0.2, 0.25) is 0 Å². The molecule has 4 heteroatoms. The van der Waals surface area contributed by atoms with Gasteiger partial charge in [-0.15, -0.1) is 5.10 Å². The Kier molecular flexibility index (Phi) is 2.45. The summed E-state index contributed by atoms with van der Waals surface area (Å²) < 4.78 is 1.68. The van der Waals surface area contributed by atoms with Crippen molar-refractivity contribution in [2.24, 2.45) is 0 Å². The number of aromatic nitrogens is 3. The number of nitrogens with zero attached hydrogens (tertiary/aromatic N) is 4. The molecule has 0 amide bonds. The third-order valence-corrected chi connectivity index (χ3v) is 2.43. The molecular formula is C12H12N4. The zero-order valence-corrected chi connectivity index (χ0v) is 9.25. The lowest BCUT2D eigenvalue weighted by molar-refractivity contribution is 0.654. The molecular weight excluding hydrogens is 200 g/mol. The quantitative estimate of drug-likeness (QED) is 0.765. The fraction of sp³-hybridized carbons (Fsp3) is 0.250. The standard InChI is InChI=1S/C12H12N4/c1-12(2,9-13)11-8-16(15-14-11)10-6-4-3-5-7-10/h3-8H,1-2H3. The van der Waals surface area contributed by atoms with Gasteiger partial charge in [0.1, 0.15) is 5.69 Å². The van der Waals surface area contributed by atoms with Crippen LogP contribution < -0.4 is 0 Å². The Bertz CT molecular complexity index is 519. The summed E-state index contributed by atoms with van der Waals surface area (Å²) in [5.41, 5.74) is 1.02. The van der Waals surface area contributed by atoms with Gasteiger partial charge < -0.3 is 0 Å². The number of benzene rings is 1. The molecule has 0 bridgehead atoms. The summed E-state index contributed by atoms with van der Waals surface area (Å²) >= 11 is 0. The van der Waals surface area contributed by atoms with Crippen LogP contribution >= 0.6 is 0 Å². The zero-order chi connectivity index (χ0) is 11.6. The molecule has 4 nitrogen and oxygen atoms in total. The van der Waals surface area contributed by atoms with Gasteiger partial charge in [0.2, 0.25) is 0 Å². The lowest BCUT2D eigenvalue weighted by atomic mass is 9.92. The minimum absolute atomic E-state index is 0.604. The van der Waals surface area contributed by atoms with E-state index >= 15 is 0 Å². The second kappa shape index (κ2) is 3.78. The van der Waals surface area contributed by atoms with Gasteiger partial charge in [-0.2, -0.15) is 5.26 Å². The molecule has 0 unspecified atom stereocenters. The summed E-state index contributed by atoms with van der Waals surface area (Å²) in [6, 6.07) is 11.9. The first-order valence-corrected chi connectivity index (χ1v) is 5.03. The molecule has 1 aromatic heterocycles. The van der Waals surface area contributed by atoms with E-state index < -0.39 is 5.41 Å². The molecule has 0 atom stereocenters. The van der Waals surface area contributed by atoms with Crippen LogP contribution in [-0.2, 0) is 5.41 Å². The van der Waals surface area contributed by atoms with Crippen LogP contribution in [0.5, 0.6) is 0 Å². The van der Waals surface area contributed by atoms with Crippen molar-refractivity contribution in [3.63, 3.8) is 0 Å². The number of hydrogen-bond acceptors (Lipinski definition) is 3. The summed E-state index contributed by atoms with van der Waals surface area (Å²) in [7, 11) is 0. The Morgan fingerprint density at radius 1 is 1.25 bits per heavy atom. The summed E-state index contributed by atoms with van der Waals surface area (Å²) in [6.07, 6.45) is 1.79. The van der Waals surface area contributed by atoms with Crippen LogP contribution in [0.15, 0.2) is 36.5 Å². The van der Waals surface area contributed by atoms with Gasteiger partial charge >= 0.3 is 0 Å². The Morgan fingerprint density at radius 2 is 1.94 bits per heavy atom. The van der Waals surface area contributed by atoms with E-state index in [-0.39, 0.29) is 0 Å². The number of para-hydroxylation sites is 1. The Labute approximate surface area is 94.1 Å². The first kappa shape index (κ1) is 10.4. The third kappa shape index (κ3) is 1.80. The van der Waals surface area contributed by atoms with Gasteiger partial charge in [0.05, 0.1) is 23.4 Å². The monoisotopic (exact) mass is 212 g/mol. The van der Waals surface area contributed by atoms with Gasteiger partial charge in [-0.05, 0) is 26.0 Å². The van der Waals surface area contributed by atoms with Crippen LogP contribution in [0.3, 0.4) is 0 Å². The molecule has 2 rings (SSSR count). The highest BCUT2D eigenvalue weighted by Crippen LogP contribution is 2.19. The molecule has 80 valence electrons. The first-order chi connectivity index (χ1) is 7.63. The van der Waals surface area contributed by atoms with E-state index in [1.54, 1.807) is 10.9 Å². The fourth-order valence-corrected chi connectivity index (χ4v) is 1.31. The molecule has 1 aromatic carbocycles. The van der Waals surface area contributed by atoms with E-state index in [0.29, 0.717) is 5.69 Å². The average Bonchev–Trinajstić information content (AvgIpc) is 2.80. The maximum atomic E-state index is 9.00. The molecule has 2 aromatic rings. The molecule has 0 aliphatic heterocycles. The van der Waals surface area contributed by atoms with Crippen molar-refractivity contribution >= 4 is 0 Å². The van der Waals surface area contributed by atoms with Crippen LogP contribution in [-0.4, -0.2) is 15.0 Å². The van der Waals surface area contributed by atoms with Gasteiger partial charge in [-0.1, -0.05) is 23.4 Å². The summed E-state index contributed by atoms with van der Waals surface area (Å²) in [5, 5.41) is 17.0. The zero-order valence-electron chi connectivity index (χ0n) is 9.25. The first-order valence-electron chi connectivity index (χ1n) is 5.03. The molecule has 1 heterocycles. The molecule has 0 spiro atoms. The van der Waals surface area contributed by atoms with E-state index in [2.05, 4.69) is 16.4 Å². The van der Waals surface area contributed by atoms with Crippen LogP contribution in [0.1, 0.15) is 19.5 Å². The minimum atomic E-state index is -0.604. The highest BCUT2D eigenvalue weighted by Gasteiger charge is 2.23. The predicted octanol–water partition coefficient (Wildman–Crippen LogP) is 2.07. The Balaban J connectivity index is 2.39. The maximum Gasteiger partial charge on any atom is 0.103 e. The van der Waals surface area contributed by atoms with Crippen molar-refractivity contribution in [1.82, 2.24) is 15.0 Å². The maximum absolute atomic E-state index is 9.00. The second-order valence-electron chi connectivity index (χ2n) is 4.12. The number of nitriles is 1. The molecule has 0 N–H and O–H groups in total. The Morgan fingerprint density at radius 3 is 2.56 bits per heavy atom. The number of rotatable bonds is 2. The molecule has 0 radical (unpaired) electrons. The lowest BCUT2D eigenvalue weighted by Gasteiger charge is -2.09. The predicted molar refractivity (Wildman–Crippen MR) is 60.0 cm³/mol. The molecule has 0 aliphatic rings. The summed E-state index contributed by atoms with van der Waals surface area (Å²) in [6.45, 7) is 3.65. The molecule has 0 saturated heterocycles. The van der Waals surface area contributed by atoms with Gasteiger partial charge in [-0.3, -0.25) is 0 Å². The fourth-order valence-electron chi connectivity index (χ4n) is 1.31. The van der Waals surface area contributed by atoms with Crippen LogP contribution in [0, 0.1) is 11.3 Å². The van der Waals surface area contributed by atoms with E-state index in [1.807, 2.05) is 44.2 Å². The molecule has 0 fully saturated rings. The average molecular weight is 212 g/mol. The van der Waals surface area contributed by atoms with Crippen molar-refractivity contribution in [2.45, 2.75) is 19.3 Å². The van der Waals surface area contributed by atoms with Gasteiger partial charge in [-0.25, -0.2) is 4.68 Å². The van der Waals surface area contributed by atoms with Gasteiger partial charge in [0.15, 0.2) is 0 Å².